The zero-order valence-corrected chi connectivity index (χ0v) is 15.1. The number of thioether (sulfide) groups is 1. The molecule has 0 bridgehead atoms. The molecule has 0 saturated heterocycles. The van der Waals surface area contributed by atoms with Gasteiger partial charge in [0.1, 0.15) is 0 Å². The molecule has 0 amide bonds. The Morgan fingerprint density at radius 1 is 1.13 bits per heavy atom. The van der Waals surface area contributed by atoms with Gasteiger partial charge in [0.05, 0.1) is 6.10 Å². The highest BCUT2D eigenvalue weighted by Crippen LogP contribution is 2.33. The molecule has 1 atom stereocenters. The summed E-state index contributed by atoms with van der Waals surface area (Å²) in [6.45, 7) is 10.4. The van der Waals surface area contributed by atoms with E-state index in [0.717, 1.165) is 12.0 Å². The molecule has 0 spiro atoms. The van der Waals surface area contributed by atoms with Crippen molar-refractivity contribution in [2.45, 2.75) is 43.6 Å². The SMILES string of the molecule is C=Cc1ccccc1C(C)(C)CC(O)CSc1ccc(C)cc1. The van der Waals surface area contributed by atoms with Gasteiger partial charge in [-0.3, -0.25) is 0 Å². The molecule has 2 aromatic rings. The maximum Gasteiger partial charge on any atom is 0.0642 e. The van der Waals surface area contributed by atoms with Gasteiger partial charge < -0.3 is 5.11 Å². The monoisotopic (exact) mass is 326 g/mol. The Bertz CT molecular complexity index is 643. The van der Waals surface area contributed by atoms with Crippen molar-refractivity contribution in [3.05, 3.63) is 71.8 Å². The van der Waals surface area contributed by atoms with Crippen LogP contribution in [0.15, 0.2) is 60.0 Å². The minimum Gasteiger partial charge on any atom is -0.392 e. The summed E-state index contributed by atoms with van der Waals surface area (Å²) in [6, 6.07) is 16.7. The summed E-state index contributed by atoms with van der Waals surface area (Å²) in [7, 11) is 0. The summed E-state index contributed by atoms with van der Waals surface area (Å²) in [6.07, 6.45) is 2.29. The van der Waals surface area contributed by atoms with E-state index < -0.39 is 0 Å². The van der Waals surface area contributed by atoms with E-state index in [0.29, 0.717) is 5.75 Å². The normalized spacial score (nSPS) is 12.9. The second-order valence-electron chi connectivity index (χ2n) is 6.66. The van der Waals surface area contributed by atoms with Crippen molar-refractivity contribution < 1.29 is 5.11 Å². The first-order valence-electron chi connectivity index (χ1n) is 8.02. The molecule has 122 valence electrons. The third-order valence-corrected chi connectivity index (χ3v) is 5.28. The fourth-order valence-electron chi connectivity index (χ4n) is 2.88. The van der Waals surface area contributed by atoms with E-state index in [1.165, 1.54) is 16.0 Å². The average Bonchev–Trinajstić information content (AvgIpc) is 2.54. The fourth-order valence-corrected chi connectivity index (χ4v) is 3.71. The van der Waals surface area contributed by atoms with Crippen molar-refractivity contribution in [2.75, 3.05) is 5.75 Å². The van der Waals surface area contributed by atoms with Gasteiger partial charge in [0, 0.05) is 10.6 Å². The largest absolute Gasteiger partial charge is 0.392 e. The Kier molecular flexibility index (Phi) is 6.09. The molecule has 1 nitrogen and oxygen atoms in total. The maximum atomic E-state index is 10.5. The van der Waals surface area contributed by atoms with E-state index in [4.69, 9.17) is 0 Å². The van der Waals surface area contributed by atoms with Gasteiger partial charge in [-0.1, -0.05) is 68.5 Å². The molecule has 23 heavy (non-hydrogen) atoms. The topological polar surface area (TPSA) is 20.2 Å². The summed E-state index contributed by atoms with van der Waals surface area (Å²) >= 11 is 1.71. The van der Waals surface area contributed by atoms with Gasteiger partial charge >= 0.3 is 0 Å². The van der Waals surface area contributed by atoms with Crippen molar-refractivity contribution in [3.63, 3.8) is 0 Å². The van der Waals surface area contributed by atoms with Crippen LogP contribution in [0.5, 0.6) is 0 Å². The predicted octanol–water partition coefficient (Wildman–Crippen LogP) is 5.46. The molecule has 2 rings (SSSR count). The lowest BCUT2D eigenvalue weighted by Crippen LogP contribution is -2.26. The van der Waals surface area contributed by atoms with Gasteiger partial charge in [-0.15, -0.1) is 11.8 Å². The van der Waals surface area contributed by atoms with Gasteiger partial charge in [-0.2, -0.15) is 0 Å². The van der Waals surface area contributed by atoms with Crippen LogP contribution in [0.4, 0.5) is 0 Å². The Morgan fingerprint density at radius 3 is 2.43 bits per heavy atom. The average molecular weight is 327 g/mol. The van der Waals surface area contributed by atoms with Crippen LogP contribution in [-0.4, -0.2) is 17.0 Å². The van der Waals surface area contributed by atoms with E-state index in [1.807, 2.05) is 12.1 Å². The van der Waals surface area contributed by atoms with E-state index in [1.54, 1.807) is 11.8 Å². The van der Waals surface area contributed by atoms with Crippen molar-refractivity contribution >= 4 is 17.8 Å². The van der Waals surface area contributed by atoms with Crippen LogP contribution < -0.4 is 0 Å². The van der Waals surface area contributed by atoms with Crippen LogP contribution >= 0.6 is 11.8 Å². The van der Waals surface area contributed by atoms with E-state index >= 15 is 0 Å². The first-order chi connectivity index (χ1) is 10.9. The molecule has 0 heterocycles. The van der Waals surface area contributed by atoms with Gasteiger partial charge in [0.2, 0.25) is 0 Å². The maximum absolute atomic E-state index is 10.5. The summed E-state index contributed by atoms with van der Waals surface area (Å²) in [4.78, 5) is 1.21. The minimum atomic E-state index is -0.339. The van der Waals surface area contributed by atoms with Crippen LogP contribution in [0.1, 0.15) is 37.0 Å². The minimum absolute atomic E-state index is 0.0853. The van der Waals surface area contributed by atoms with Crippen molar-refractivity contribution in [1.82, 2.24) is 0 Å². The Hall–Kier alpha value is -1.51. The lowest BCUT2D eigenvalue weighted by Gasteiger charge is -2.29. The van der Waals surface area contributed by atoms with E-state index in [9.17, 15) is 5.11 Å². The molecule has 0 aliphatic heterocycles. The van der Waals surface area contributed by atoms with Gasteiger partial charge in [-0.25, -0.2) is 0 Å². The predicted molar refractivity (Wildman–Crippen MR) is 102 cm³/mol. The Labute approximate surface area is 144 Å². The van der Waals surface area contributed by atoms with Crippen LogP contribution in [0.25, 0.3) is 6.08 Å². The number of benzene rings is 2. The molecule has 2 heteroatoms. The second-order valence-corrected chi connectivity index (χ2v) is 7.75. The summed E-state index contributed by atoms with van der Waals surface area (Å²) in [5.74, 6) is 0.711. The number of hydrogen-bond donors (Lipinski definition) is 1. The molecule has 1 N–H and O–H groups in total. The van der Waals surface area contributed by atoms with Crippen molar-refractivity contribution in [1.29, 1.82) is 0 Å². The molecule has 0 saturated carbocycles. The first kappa shape index (κ1) is 17.8. The first-order valence-corrected chi connectivity index (χ1v) is 9.00. The molecular formula is C21H26OS. The van der Waals surface area contributed by atoms with Gasteiger partial charge in [0.15, 0.2) is 0 Å². The van der Waals surface area contributed by atoms with E-state index in [-0.39, 0.29) is 11.5 Å². The highest BCUT2D eigenvalue weighted by Gasteiger charge is 2.26. The second kappa shape index (κ2) is 7.85. The molecule has 0 aliphatic carbocycles. The van der Waals surface area contributed by atoms with Crippen molar-refractivity contribution in [3.8, 4) is 0 Å². The molecular weight excluding hydrogens is 300 g/mol. The number of rotatable bonds is 7. The number of hydrogen-bond acceptors (Lipinski definition) is 2. The number of aryl methyl sites for hydroxylation is 1. The van der Waals surface area contributed by atoms with Gasteiger partial charge in [0.25, 0.3) is 0 Å². The highest BCUT2D eigenvalue weighted by molar-refractivity contribution is 7.99. The zero-order valence-electron chi connectivity index (χ0n) is 14.3. The van der Waals surface area contributed by atoms with Gasteiger partial charge in [-0.05, 0) is 42.0 Å². The van der Waals surface area contributed by atoms with Crippen molar-refractivity contribution in [2.24, 2.45) is 0 Å². The third kappa shape index (κ3) is 4.98. The lowest BCUT2D eigenvalue weighted by atomic mass is 9.77. The summed E-state index contributed by atoms with van der Waals surface area (Å²) in [5, 5.41) is 10.5. The summed E-state index contributed by atoms with van der Waals surface area (Å²) in [5.41, 5.74) is 3.57. The van der Waals surface area contributed by atoms with E-state index in [2.05, 4.69) is 69.8 Å². The molecule has 0 aliphatic rings. The Balaban J connectivity index is 1.99. The molecule has 0 aromatic heterocycles. The van der Waals surface area contributed by atoms with Crippen LogP contribution in [0.3, 0.4) is 0 Å². The van der Waals surface area contributed by atoms with Crippen LogP contribution in [0, 0.1) is 6.92 Å². The van der Waals surface area contributed by atoms with Crippen LogP contribution in [-0.2, 0) is 5.41 Å². The summed E-state index contributed by atoms with van der Waals surface area (Å²) < 4.78 is 0. The zero-order chi connectivity index (χ0) is 16.9. The molecule has 1 unspecified atom stereocenters. The molecule has 2 aromatic carbocycles. The lowest BCUT2D eigenvalue weighted by molar-refractivity contribution is 0.161. The number of aliphatic hydroxyl groups is 1. The standard InChI is InChI=1S/C21H26OS/c1-5-17-8-6-7-9-20(17)21(3,4)14-18(22)15-23-19-12-10-16(2)11-13-19/h5-13,18,22H,1,14-15H2,2-4H3. The number of aliphatic hydroxyl groups excluding tert-OH is 1. The molecule has 0 radical (unpaired) electrons. The Morgan fingerprint density at radius 2 is 1.78 bits per heavy atom. The fraction of sp³-hybridized carbons (Fsp3) is 0.333. The highest BCUT2D eigenvalue weighted by atomic mass is 32.2. The quantitative estimate of drug-likeness (QED) is 0.682. The third-order valence-electron chi connectivity index (χ3n) is 4.12. The van der Waals surface area contributed by atoms with Crippen LogP contribution in [0.2, 0.25) is 0 Å². The smallest absolute Gasteiger partial charge is 0.0642 e. The molecule has 0 fully saturated rings.